The first kappa shape index (κ1) is 18.7. The molecule has 0 aliphatic rings. The molecule has 0 saturated heterocycles. The third kappa shape index (κ3) is 3.83. The molecule has 1 aromatic heterocycles. The number of sulfonamides is 1. The first-order chi connectivity index (χ1) is 12.3. The number of halogens is 1. The number of thiophene rings is 1. The van der Waals surface area contributed by atoms with Crippen LogP contribution in [0.25, 0.3) is 10.1 Å². The number of methoxy groups -OCH3 is 1. The van der Waals surface area contributed by atoms with Gasteiger partial charge in [0, 0.05) is 16.6 Å². The number of ether oxygens (including phenoxy) is 1. The molecule has 3 rings (SSSR count). The highest BCUT2D eigenvalue weighted by Crippen LogP contribution is 2.37. The van der Waals surface area contributed by atoms with Crippen LogP contribution in [0.15, 0.2) is 47.4 Å². The Balaban J connectivity index is 1.76. The number of benzene rings is 2. The molecule has 0 aliphatic heterocycles. The molecule has 0 saturated carbocycles. The van der Waals surface area contributed by atoms with Crippen LogP contribution in [-0.4, -0.2) is 21.4 Å². The van der Waals surface area contributed by atoms with Crippen molar-refractivity contribution in [2.24, 2.45) is 5.14 Å². The number of fused-ring (bicyclic) bond motifs is 1. The Hall–Kier alpha value is -2.13. The van der Waals surface area contributed by atoms with Gasteiger partial charge in [-0.25, -0.2) is 13.6 Å². The van der Waals surface area contributed by atoms with Gasteiger partial charge >= 0.3 is 0 Å². The molecular weight excluding hydrogens is 396 g/mol. The molecule has 0 unspecified atom stereocenters. The van der Waals surface area contributed by atoms with Gasteiger partial charge in [0.05, 0.1) is 17.0 Å². The Morgan fingerprint density at radius 1 is 1.23 bits per heavy atom. The second kappa shape index (κ2) is 7.24. The fourth-order valence-electron chi connectivity index (χ4n) is 2.38. The van der Waals surface area contributed by atoms with Gasteiger partial charge in [-0.05, 0) is 35.9 Å². The summed E-state index contributed by atoms with van der Waals surface area (Å²) in [5.41, 5.74) is 0.740. The lowest BCUT2D eigenvalue weighted by atomic mass is 10.2. The van der Waals surface area contributed by atoms with E-state index in [-0.39, 0.29) is 17.3 Å². The molecule has 3 aromatic rings. The number of hydrogen-bond acceptors (Lipinski definition) is 5. The molecule has 6 nitrogen and oxygen atoms in total. The van der Waals surface area contributed by atoms with E-state index >= 15 is 0 Å². The predicted molar refractivity (Wildman–Crippen MR) is 102 cm³/mol. The molecule has 1 heterocycles. The van der Waals surface area contributed by atoms with Gasteiger partial charge in [-0.15, -0.1) is 11.3 Å². The van der Waals surface area contributed by atoms with Gasteiger partial charge in [0.15, 0.2) is 0 Å². The van der Waals surface area contributed by atoms with Crippen molar-refractivity contribution in [2.75, 3.05) is 7.11 Å². The number of hydrogen-bond donors (Lipinski definition) is 2. The smallest absolute Gasteiger partial charge is 0.263 e. The zero-order chi connectivity index (χ0) is 18.9. The first-order valence-electron chi connectivity index (χ1n) is 7.45. The van der Waals surface area contributed by atoms with Gasteiger partial charge < -0.3 is 10.1 Å². The lowest BCUT2D eigenvalue weighted by Crippen LogP contribution is -2.22. The summed E-state index contributed by atoms with van der Waals surface area (Å²) < 4.78 is 28.5. The molecule has 0 bridgehead atoms. The SMILES string of the molecule is COc1ccc2c(Cl)c(C(=O)NCc3ccc(S(N)(=O)=O)cc3)sc2c1. The standard InChI is InChI=1S/C17H15ClN2O4S2/c1-24-11-4-7-13-14(8-11)25-16(15(13)18)17(21)20-9-10-2-5-12(6-3-10)26(19,22)23/h2-8H,9H2,1H3,(H,20,21)(H2,19,22,23). The Kier molecular flexibility index (Phi) is 5.19. The Morgan fingerprint density at radius 3 is 2.54 bits per heavy atom. The minimum absolute atomic E-state index is 0.0223. The molecule has 9 heteroatoms. The van der Waals surface area contributed by atoms with Crippen LogP contribution in [0.1, 0.15) is 15.2 Å². The number of nitrogens with two attached hydrogens (primary N) is 1. The van der Waals surface area contributed by atoms with Gasteiger partial charge in [0.1, 0.15) is 10.6 Å². The monoisotopic (exact) mass is 410 g/mol. The van der Waals surface area contributed by atoms with E-state index in [9.17, 15) is 13.2 Å². The normalized spacial score (nSPS) is 11.5. The van der Waals surface area contributed by atoms with Crippen molar-refractivity contribution in [2.45, 2.75) is 11.4 Å². The number of carbonyl (C=O) groups is 1. The Bertz CT molecular complexity index is 1080. The zero-order valence-electron chi connectivity index (χ0n) is 13.7. The maximum absolute atomic E-state index is 12.5. The minimum Gasteiger partial charge on any atom is -0.497 e. The van der Waals surface area contributed by atoms with Crippen molar-refractivity contribution in [3.05, 3.63) is 57.9 Å². The quantitative estimate of drug-likeness (QED) is 0.675. The largest absolute Gasteiger partial charge is 0.497 e. The number of rotatable bonds is 5. The van der Waals surface area contributed by atoms with Gasteiger partial charge in [-0.3, -0.25) is 4.79 Å². The Labute approximate surface area is 159 Å². The fraction of sp³-hybridized carbons (Fsp3) is 0.118. The van der Waals surface area contributed by atoms with E-state index in [0.29, 0.717) is 15.6 Å². The molecule has 0 spiro atoms. The van der Waals surface area contributed by atoms with Crippen molar-refractivity contribution in [3.8, 4) is 5.75 Å². The third-order valence-electron chi connectivity index (χ3n) is 3.75. The van der Waals surface area contributed by atoms with Gasteiger partial charge in [0.2, 0.25) is 10.0 Å². The number of amides is 1. The maximum atomic E-state index is 12.5. The molecule has 136 valence electrons. The highest BCUT2D eigenvalue weighted by Gasteiger charge is 2.17. The average molecular weight is 411 g/mol. The van der Waals surface area contributed by atoms with Gasteiger partial charge in [0.25, 0.3) is 5.91 Å². The van der Waals surface area contributed by atoms with E-state index in [1.54, 1.807) is 25.3 Å². The van der Waals surface area contributed by atoms with Crippen molar-refractivity contribution < 1.29 is 17.9 Å². The van der Waals surface area contributed by atoms with Crippen LogP contribution < -0.4 is 15.2 Å². The van der Waals surface area contributed by atoms with Crippen LogP contribution in [0.2, 0.25) is 5.02 Å². The molecule has 0 aliphatic carbocycles. The van der Waals surface area contributed by atoms with Crippen LogP contribution >= 0.6 is 22.9 Å². The molecule has 0 fully saturated rings. The summed E-state index contributed by atoms with van der Waals surface area (Å²) >= 11 is 7.61. The summed E-state index contributed by atoms with van der Waals surface area (Å²) in [6.07, 6.45) is 0. The number of primary sulfonamides is 1. The molecule has 3 N–H and O–H groups in total. The van der Waals surface area contributed by atoms with Crippen molar-refractivity contribution in [1.82, 2.24) is 5.32 Å². The van der Waals surface area contributed by atoms with Gasteiger partial charge in [-0.2, -0.15) is 0 Å². The van der Waals surface area contributed by atoms with Crippen LogP contribution in [0.5, 0.6) is 5.75 Å². The average Bonchev–Trinajstić information content (AvgIpc) is 2.95. The van der Waals surface area contributed by atoms with Crippen molar-refractivity contribution >= 4 is 49.0 Å². The summed E-state index contributed by atoms with van der Waals surface area (Å²) in [4.78, 5) is 12.9. The van der Waals surface area contributed by atoms with E-state index in [1.165, 1.54) is 23.5 Å². The summed E-state index contributed by atoms with van der Waals surface area (Å²) in [5.74, 6) is 0.392. The van der Waals surface area contributed by atoms with E-state index in [4.69, 9.17) is 21.5 Å². The zero-order valence-corrected chi connectivity index (χ0v) is 16.0. The number of nitrogens with one attached hydrogen (secondary N) is 1. The second-order valence-electron chi connectivity index (χ2n) is 5.48. The fourth-order valence-corrected chi connectivity index (χ4v) is 4.36. The minimum atomic E-state index is -3.73. The van der Waals surface area contributed by atoms with Crippen molar-refractivity contribution in [1.29, 1.82) is 0 Å². The second-order valence-corrected chi connectivity index (χ2v) is 8.47. The predicted octanol–water partition coefficient (Wildman–Crippen LogP) is 3.14. The van der Waals surface area contributed by atoms with E-state index in [1.807, 2.05) is 12.1 Å². The summed E-state index contributed by atoms with van der Waals surface area (Å²) in [6.45, 7) is 0.234. The molecule has 26 heavy (non-hydrogen) atoms. The highest BCUT2D eigenvalue weighted by molar-refractivity contribution is 7.89. The lowest BCUT2D eigenvalue weighted by Gasteiger charge is -2.05. The third-order valence-corrected chi connectivity index (χ3v) is 6.33. The lowest BCUT2D eigenvalue weighted by molar-refractivity contribution is 0.0955. The summed E-state index contributed by atoms with van der Waals surface area (Å²) in [5, 5.41) is 9.03. The maximum Gasteiger partial charge on any atom is 0.263 e. The van der Waals surface area contributed by atoms with E-state index < -0.39 is 10.0 Å². The summed E-state index contributed by atoms with van der Waals surface area (Å²) in [7, 11) is -2.16. The van der Waals surface area contributed by atoms with Gasteiger partial charge in [-0.1, -0.05) is 23.7 Å². The van der Waals surface area contributed by atoms with Crippen LogP contribution in [0.4, 0.5) is 0 Å². The van der Waals surface area contributed by atoms with E-state index in [2.05, 4.69) is 5.32 Å². The van der Waals surface area contributed by atoms with Crippen molar-refractivity contribution in [3.63, 3.8) is 0 Å². The highest BCUT2D eigenvalue weighted by atomic mass is 35.5. The summed E-state index contributed by atoms with van der Waals surface area (Å²) in [6, 6.07) is 11.4. The van der Waals surface area contributed by atoms with Crippen LogP contribution in [0.3, 0.4) is 0 Å². The van der Waals surface area contributed by atoms with Crippen LogP contribution in [0, 0.1) is 0 Å². The molecular formula is C17H15ClN2O4S2. The molecule has 2 aromatic carbocycles. The molecule has 0 radical (unpaired) electrons. The first-order valence-corrected chi connectivity index (χ1v) is 10.2. The topological polar surface area (TPSA) is 98.5 Å². The molecule has 1 amide bonds. The van der Waals surface area contributed by atoms with E-state index in [0.717, 1.165) is 15.6 Å². The molecule has 0 atom stereocenters. The van der Waals surface area contributed by atoms with Crippen LogP contribution in [-0.2, 0) is 16.6 Å². The Morgan fingerprint density at radius 2 is 1.92 bits per heavy atom. The number of carbonyl (C=O) groups excluding carboxylic acids is 1.